The van der Waals surface area contributed by atoms with E-state index >= 15 is 0 Å². The van der Waals surface area contributed by atoms with Crippen molar-refractivity contribution in [1.82, 2.24) is 9.80 Å². The molecule has 0 unspecified atom stereocenters. The van der Waals surface area contributed by atoms with Crippen LogP contribution in [0.5, 0.6) is 0 Å². The Hall–Kier alpha value is -2.06. The highest BCUT2D eigenvalue weighted by molar-refractivity contribution is 5.95. The maximum atomic E-state index is 12.5. The van der Waals surface area contributed by atoms with E-state index in [1.807, 2.05) is 32.0 Å². The average Bonchev–Trinajstić information content (AvgIpc) is 3.14. The summed E-state index contributed by atoms with van der Waals surface area (Å²) in [6, 6.07) is 7.64. The van der Waals surface area contributed by atoms with E-state index in [1.165, 1.54) is 6.26 Å². The highest BCUT2D eigenvalue weighted by Crippen LogP contribution is 2.19. The maximum Gasteiger partial charge on any atom is 0.257 e. The van der Waals surface area contributed by atoms with Gasteiger partial charge >= 0.3 is 0 Å². The normalized spacial score (nSPS) is 14.0. The highest BCUT2D eigenvalue weighted by atomic mass is 35.5. The van der Waals surface area contributed by atoms with E-state index in [2.05, 4.69) is 10.2 Å². The molecular weight excluding hydrogens is 415 g/mol. The van der Waals surface area contributed by atoms with Gasteiger partial charge in [0.05, 0.1) is 18.7 Å². The Morgan fingerprint density at radius 1 is 1.10 bits per heavy atom. The number of amides is 2. The standard InChI is InChI=1S/C20H26N4O3.2ClH/c1-14-4-3-5-15(2)19(14)22-18(25)12-23-6-8-24(9-7-23)20(26)16-10-17(11-21)27-13-16;;/h3-5,10,13H,6-9,11-12,21H2,1-2H3,(H,22,25);2*1H. The molecule has 9 heteroatoms. The number of hydrogen-bond donors (Lipinski definition) is 2. The molecule has 2 aromatic rings. The van der Waals surface area contributed by atoms with Crippen LogP contribution in [-0.4, -0.2) is 54.3 Å². The predicted octanol–water partition coefficient (Wildman–Crippen LogP) is 2.60. The van der Waals surface area contributed by atoms with E-state index in [-0.39, 0.29) is 43.2 Å². The molecule has 0 saturated carbocycles. The summed E-state index contributed by atoms with van der Waals surface area (Å²) >= 11 is 0. The van der Waals surface area contributed by atoms with Crippen molar-refractivity contribution in [3.05, 3.63) is 53.0 Å². The molecule has 1 aliphatic heterocycles. The van der Waals surface area contributed by atoms with Crippen LogP contribution in [0.15, 0.2) is 34.9 Å². The summed E-state index contributed by atoms with van der Waals surface area (Å²) < 4.78 is 5.24. The summed E-state index contributed by atoms with van der Waals surface area (Å²) in [6.07, 6.45) is 1.45. The number of piperazine rings is 1. The second-order valence-electron chi connectivity index (χ2n) is 6.89. The molecule has 7 nitrogen and oxygen atoms in total. The topological polar surface area (TPSA) is 91.8 Å². The van der Waals surface area contributed by atoms with Gasteiger partial charge in [-0.3, -0.25) is 14.5 Å². The first-order valence-electron chi connectivity index (χ1n) is 9.13. The van der Waals surface area contributed by atoms with Crippen molar-refractivity contribution in [2.45, 2.75) is 20.4 Å². The third-order valence-corrected chi connectivity index (χ3v) is 4.87. The summed E-state index contributed by atoms with van der Waals surface area (Å²) in [7, 11) is 0. The number of nitrogens with one attached hydrogen (secondary N) is 1. The number of carbonyl (C=O) groups excluding carboxylic acids is 2. The van der Waals surface area contributed by atoms with Gasteiger partial charge in [-0.1, -0.05) is 18.2 Å². The molecule has 3 rings (SSSR count). The van der Waals surface area contributed by atoms with E-state index < -0.39 is 0 Å². The molecule has 0 aliphatic carbocycles. The number of anilines is 1. The van der Waals surface area contributed by atoms with Crippen molar-refractivity contribution in [2.24, 2.45) is 5.73 Å². The van der Waals surface area contributed by atoms with Crippen molar-refractivity contribution in [2.75, 3.05) is 38.0 Å². The summed E-state index contributed by atoms with van der Waals surface area (Å²) in [5, 5.41) is 3.01. The molecule has 160 valence electrons. The summed E-state index contributed by atoms with van der Waals surface area (Å²) in [5.74, 6) is 0.507. The minimum atomic E-state index is -0.0573. The molecule has 3 N–H and O–H groups in total. The van der Waals surface area contributed by atoms with Crippen LogP contribution in [-0.2, 0) is 11.3 Å². The van der Waals surface area contributed by atoms with Crippen LogP contribution in [0.25, 0.3) is 0 Å². The zero-order valence-corrected chi connectivity index (χ0v) is 18.3. The van der Waals surface area contributed by atoms with E-state index in [1.54, 1.807) is 11.0 Å². The number of benzene rings is 1. The molecule has 1 aromatic heterocycles. The van der Waals surface area contributed by atoms with Crippen LogP contribution in [0.4, 0.5) is 5.69 Å². The molecule has 0 radical (unpaired) electrons. The molecule has 29 heavy (non-hydrogen) atoms. The Labute approximate surface area is 183 Å². The van der Waals surface area contributed by atoms with Crippen molar-refractivity contribution >= 4 is 42.3 Å². The molecule has 1 fully saturated rings. The van der Waals surface area contributed by atoms with Crippen LogP contribution in [0.3, 0.4) is 0 Å². The maximum absolute atomic E-state index is 12.5. The molecule has 2 amide bonds. The second-order valence-corrected chi connectivity index (χ2v) is 6.89. The Bertz CT molecular complexity index is 813. The van der Waals surface area contributed by atoms with E-state index in [0.717, 1.165) is 16.8 Å². The van der Waals surface area contributed by atoms with Crippen molar-refractivity contribution < 1.29 is 14.0 Å². The number of furan rings is 1. The van der Waals surface area contributed by atoms with Crippen molar-refractivity contribution in [3.63, 3.8) is 0 Å². The molecule has 1 saturated heterocycles. The predicted molar refractivity (Wildman–Crippen MR) is 118 cm³/mol. The van der Waals surface area contributed by atoms with Crippen molar-refractivity contribution in [3.8, 4) is 0 Å². The minimum absolute atomic E-state index is 0. The number of hydrogen-bond acceptors (Lipinski definition) is 5. The first-order valence-corrected chi connectivity index (χ1v) is 9.13. The van der Waals surface area contributed by atoms with Crippen LogP contribution < -0.4 is 11.1 Å². The van der Waals surface area contributed by atoms with Gasteiger partial charge in [0.15, 0.2) is 0 Å². The number of halogens is 2. The van der Waals surface area contributed by atoms with Gasteiger partial charge in [-0.25, -0.2) is 0 Å². The lowest BCUT2D eigenvalue weighted by atomic mass is 10.1. The van der Waals surface area contributed by atoms with Crippen LogP contribution in [0, 0.1) is 13.8 Å². The Balaban J connectivity index is 0.00000210. The second kappa shape index (κ2) is 11.2. The Kier molecular flexibility index (Phi) is 9.65. The first kappa shape index (κ1) is 25.0. The zero-order valence-electron chi connectivity index (χ0n) is 16.6. The Morgan fingerprint density at radius 2 is 1.72 bits per heavy atom. The van der Waals surface area contributed by atoms with Gasteiger partial charge < -0.3 is 20.4 Å². The van der Waals surface area contributed by atoms with Crippen LogP contribution >= 0.6 is 24.8 Å². The van der Waals surface area contributed by atoms with Crippen LogP contribution in [0.2, 0.25) is 0 Å². The van der Waals surface area contributed by atoms with Gasteiger partial charge in [0, 0.05) is 31.9 Å². The molecule has 2 heterocycles. The zero-order chi connectivity index (χ0) is 19.4. The smallest absolute Gasteiger partial charge is 0.257 e. The highest BCUT2D eigenvalue weighted by Gasteiger charge is 2.24. The monoisotopic (exact) mass is 442 g/mol. The first-order chi connectivity index (χ1) is 13.0. The van der Waals surface area contributed by atoms with Gasteiger partial charge in [-0.2, -0.15) is 0 Å². The molecule has 1 aliphatic rings. The average molecular weight is 443 g/mol. The van der Waals surface area contributed by atoms with Gasteiger partial charge in [0.2, 0.25) is 5.91 Å². The van der Waals surface area contributed by atoms with E-state index in [9.17, 15) is 9.59 Å². The SMILES string of the molecule is Cc1cccc(C)c1NC(=O)CN1CCN(C(=O)c2coc(CN)c2)CC1.Cl.Cl. The largest absolute Gasteiger partial charge is 0.467 e. The number of rotatable bonds is 5. The minimum Gasteiger partial charge on any atom is -0.467 e. The van der Waals surface area contributed by atoms with E-state index in [4.69, 9.17) is 10.2 Å². The number of nitrogens with zero attached hydrogens (tertiary/aromatic N) is 2. The van der Waals surface area contributed by atoms with Crippen molar-refractivity contribution in [1.29, 1.82) is 0 Å². The lowest BCUT2D eigenvalue weighted by molar-refractivity contribution is -0.117. The molecule has 0 bridgehead atoms. The molecular formula is C20H28Cl2N4O3. The molecule has 0 spiro atoms. The number of nitrogens with two attached hydrogens (primary N) is 1. The van der Waals surface area contributed by atoms with Gasteiger partial charge in [-0.15, -0.1) is 24.8 Å². The Morgan fingerprint density at radius 3 is 2.28 bits per heavy atom. The fraction of sp³-hybridized carbons (Fsp3) is 0.400. The number of carbonyl (C=O) groups is 2. The third kappa shape index (κ3) is 6.21. The van der Waals surface area contributed by atoms with Crippen LogP contribution in [0.1, 0.15) is 27.2 Å². The molecule has 0 atom stereocenters. The lowest BCUT2D eigenvalue weighted by Gasteiger charge is -2.34. The van der Waals surface area contributed by atoms with Gasteiger partial charge in [-0.05, 0) is 31.0 Å². The summed E-state index contributed by atoms with van der Waals surface area (Å²) in [4.78, 5) is 28.7. The number of para-hydroxylation sites is 1. The molecule has 1 aromatic carbocycles. The van der Waals surface area contributed by atoms with Gasteiger partial charge in [0.25, 0.3) is 5.91 Å². The van der Waals surface area contributed by atoms with E-state index in [0.29, 0.717) is 44.0 Å². The fourth-order valence-corrected chi connectivity index (χ4v) is 3.29. The quantitative estimate of drug-likeness (QED) is 0.742. The lowest BCUT2D eigenvalue weighted by Crippen LogP contribution is -2.50. The number of aryl methyl sites for hydroxylation is 2. The van der Waals surface area contributed by atoms with Gasteiger partial charge in [0.1, 0.15) is 12.0 Å². The summed E-state index contributed by atoms with van der Waals surface area (Å²) in [5.41, 5.74) is 9.03. The summed E-state index contributed by atoms with van der Waals surface area (Å²) in [6.45, 7) is 7.05. The fourth-order valence-electron chi connectivity index (χ4n) is 3.29. The third-order valence-electron chi connectivity index (χ3n) is 4.87.